The molecule has 3 atom stereocenters. The van der Waals surface area contributed by atoms with Gasteiger partial charge < -0.3 is 40.6 Å². The number of thiazole rings is 1. The topological polar surface area (TPSA) is 165 Å². The predicted octanol–water partition coefficient (Wildman–Crippen LogP) is 1.63. The van der Waals surface area contributed by atoms with Crippen molar-refractivity contribution in [2.24, 2.45) is 11.1 Å². The van der Waals surface area contributed by atoms with Gasteiger partial charge in [-0.05, 0) is 29.9 Å². The lowest BCUT2D eigenvalue weighted by atomic mass is 9.85. The van der Waals surface area contributed by atoms with Crippen LogP contribution in [0.25, 0.3) is 10.4 Å². The standard InChI is InChI=1S/C31H47N5O7S/c1-21-27(44-20-34-21)23-8-6-22(7-9-23)17-33-29(39)25-16-24(37)18-36(25)30(40)28(31(2,3)4)35-26(38)19-43-12-5-11-41-14-15-42-13-10-32/h6-9,20,24-25,28,37H,5,10-19,32H2,1-4H3,(H,33,39)(H,35,38)/t24-,25+,28-/m1/s1. The number of aliphatic hydroxyl groups is 1. The highest BCUT2D eigenvalue weighted by Crippen LogP contribution is 2.28. The van der Waals surface area contributed by atoms with E-state index in [1.807, 2.05) is 57.5 Å². The molecule has 1 aromatic heterocycles. The lowest BCUT2D eigenvalue weighted by Crippen LogP contribution is -2.58. The van der Waals surface area contributed by atoms with E-state index in [-0.39, 0.29) is 32.0 Å². The first-order valence-corrected chi connectivity index (χ1v) is 15.9. The molecule has 44 heavy (non-hydrogen) atoms. The van der Waals surface area contributed by atoms with E-state index >= 15 is 0 Å². The van der Waals surface area contributed by atoms with Gasteiger partial charge in [0, 0.05) is 39.3 Å². The molecule has 3 amide bonds. The molecule has 0 radical (unpaired) electrons. The number of nitrogens with one attached hydrogen (secondary N) is 2. The largest absolute Gasteiger partial charge is 0.391 e. The van der Waals surface area contributed by atoms with E-state index in [0.717, 1.165) is 21.7 Å². The first-order chi connectivity index (χ1) is 21.0. The molecule has 12 nitrogen and oxygen atoms in total. The van der Waals surface area contributed by atoms with E-state index in [9.17, 15) is 19.5 Å². The number of β-amino-alcohol motifs (C(OH)–C–C–N with tert-alkyl or cyclic N) is 1. The number of aromatic nitrogens is 1. The van der Waals surface area contributed by atoms with Crippen molar-refractivity contribution in [1.82, 2.24) is 20.5 Å². The lowest BCUT2D eigenvalue weighted by Gasteiger charge is -2.35. The van der Waals surface area contributed by atoms with Crippen LogP contribution in [-0.2, 0) is 35.1 Å². The lowest BCUT2D eigenvalue weighted by molar-refractivity contribution is -0.144. The summed E-state index contributed by atoms with van der Waals surface area (Å²) in [5.74, 6) is -1.21. The Morgan fingerprint density at radius 1 is 1.09 bits per heavy atom. The van der Waals surface area contributed by atoms with E-state index in [4.69, 9.17) is 19.9 Å². The number of carbonyl (C=O) groups is 3. The van der Waals surface area contributed by atoms with Gasteiger partial charge in [-0.15, -0.1) is 11.3 Å². The van der Waals surface area contributed by atoms with E-state index < -0.39 is 35.4 Å². The SMILES string of the molecule is Cc1ncsc1-c1ccc(CNC(=O)[C@@H]2C[C@@H](O)CN2C(=O)[C@@H](NC(=O)COCCCOCCOCCN)C(C)(C)C)cc1. The monoisotopic (exact) mass is 633 g/mol. The van der Waals surface area contributed by atoms with Crippen LogP contribution in [0.2, 0.25) is 0 Å². The molecule has 0 aliphatic carbocycles. The summed E-state index contributed by atoms with van der Waals surface area (Å²) in [6.45, 7) is 10.2. The molecule has 1 aliphatic rings. The summed E-state index contributed by atoms with van der Waals surface area (Å²) in [7, 11) is 0. The molecule has 13 heteroatoms. The number of aryl methyl sites for hydroxylation is 1. The van der Waals surface area contributed by atoms with Crippen molar-refractivity contribution in [2.75, 3.05) is 52.7 Å². The van der Waals surface area contributed by atoms with Gasteiger partial charge in [0.15, 0.2) is 0 Å². The quantitative estimate of drug-likeness (QED) is 0.190. The van der Waals surface area contributed by atoms with E-state index in [2.05, 4.69) is 15.6 Å². The van der Waals surface area contributed by atoms with Gasteiger partial charge in [-0.1, -0.05) is 45.0 Å². The summed E-state index contributed by atoms with van der Waals surface area (Å²) in [5, 5.41) is 16.1. The number of hydrogen-bond donors (Lipinski definition) is 4. The highest BCUT2D eigenvalue weighted by Gasteiger charge is 2.44. The van der Waals surface area contributed by atoms with Crippen molar-refractivity contribution in [1.29, 1.82) is 0 Å². The van der Waals surface area contributed by atoms with Gasteiger partial charge in [-0.25, -0.2) is 4.98 Å². The van der Waals surface area contributed by atoms with Crippen LogP contribution in [0, 0.1) is 12.3 Å². The van der Waals surface area contributed by atoms with Crippen molar-refractivity contribution in [3.05, 3.63) is 41.0 Å². The number of nitrogens with zero attached hydrogens (tertiary/aromatic N) is 2. The fourth-order valence-corrected chi connectivity index (χ4v) is 5.63. The maximum atomic E-state index is 13.7. The minimum atomic E-state index is -0.918. The van der Waals surface area contributed by atoms with Gasteiger partial charge in [-0.2, -0.15) is 0 Å². The number of amides is 3. The zero-order chi connectivity index (χ0) is 32.1. The molecule has 0 saturated carbocycles. The maximum Gasteiger partial charge on any atom is 0.246 e. The Hall–Kier alpha value is -2.94. The van der Waals surface area contributed by atoms with Crippen molar-refractivity contribution in [2.45, 2.75) is 65.3 Å². The molecule has 1 fully saturated rings. The second-order valence-electron chi connectivity index (χ2n) is 11.9. The van der Waals surface area contributed by atoms with Gasteiger partial charge in [0.1, 0.15) is 18.7 Å². The first-order valence-electron chi connectivity index (χ1n) is 15.0. The van der Waals surface area contributed by atoms with E-state index in [1.54, 1.807) is 11.3 Å². The number of ether oxygens (including phenoxy) is 3. The highest BCUT2D eigenvalue weighted by molar-refractivity contribution is 7.13. The Morgan fingerprint density at radius 3 is 2.41 bits per heavy atom. The van der Waals surface area contributed by atoms with Crippen molar-refractivity contribution < 1.29 is 33.7 Å². The molecule has 2 heterocycles. The third-order valence-electron chi connectivity index (χ3n) is 7.16. The summed E-state index contributed by atoms with van der Waals surface area (Å²) in [5.41, 5.74) is 9.46. The molecule has 0 spiro atoms. The van der Waals surface area contributed by atoms with Gasteiger partial charge in [0.05, 0.1) is 42.0 Å². The Balaban J connectivity index is 1.49. The number of rotatable bonds is 17. The Bertz CT molecular complexity index is 1200. The summed E-state index contributed by atoms with van der Waals surface area (Å²) < 4.78 is 16.1. The molecule has 244 valence electrons. The molecule has 1 saturated heterocycles. The Kier molecular flexibility index (Phi) is 14.2. The number of benzene rings is 1. The average Bonchev–Trinajstić information content (AvgIpc) is 3.60. The third-order valence-corrected chi connectivity index (χ3v) is 8.13. The summed E-state index contributed by atoms with van der Waals surface area (Å²) >= 11 is 1.58. The molecule has 5 N–H and O–H groups in total. The van der Waals surface area contributed by atoms with Crippen LogP contribution in [0.4, 0.5) is 0 Å². The smallest absolute Gasteiger partial charge is 0.246 e. The van der Waals surface area contributed by atoms with Gasteiger partial charge in [-0.3, -0.25) is 14.4 Å². The molecule has 2 aromatic rings. The predicted molar refractivity (Wildman–Crippen MR) is 168 cm³/mol. The molecule has 1 aliphatic heterocycles. The van der Waals surface area contributed by atoms with Crippen molar-refractivity contribution in [3.8, 4) is 10.4 Å². The number of likely N-dealkylation sites (tertiary alicyclic amines) is 1. The van der Waals surface area contributed by atoms with Crippen molar-refractivity contribution >= 4 is 29.1 Å². The van der Waals surface area contributed by atoms with Gasteiger partial charge >= 0.3 is 0 Å². The zero-order valence-corrected chi connectivity index (χ0v) is 27.0. The molecular weight excluding hydrogens is 586 g/mol. The summed E-state index contributed by atoms with van der Waals surface area (Å²) in [6.07, 6.45) is -0.119. The average molecular weight is 634 g/mol. The fourth-order valence-electron chi connectivity index (χ4n) is 4.82. The van der Waals surface area contributed by atoms with Gasteiger partial charge in [0.2, 0.25) is 17.7 Å². The summed E-state index contributed by atoms with van der Waals surface area (Å²) in [4.78, 5) is 46.4. The number of hydrogen-bond acceptors (Lipinski definition) is 10. The highest BCUT2D eigenvalue weighted by atomic mass is 32.1. The Morgan fingerprint density at radius 2 is 1.77 bits per heavy atom. The van der Waals surface area contributed by atoms with Gasteiger partial charge in [0.25, 0.3) is 0 Å². The molecular formula is C31H47N5O7S. The minimum Gasteiger partial charge on any atom is -0.391 e. The van der Waals surface area contributed by atoms with Crippen LogP contribution in [0.3, 0.4) is 0 Å². The summed E-state index contributed by atoms with van der Waals surface area (Å²) in [6, 6.07) is 6.11. The maximum absolute atomic E-state index is 13.7. The van der Waals surface area contributed by atoms with Crippen LogP contribution in [0.5, 0.6) is 0 Å². The minimum absolute atomic E-state index is 0.00995. The molecule has 0 unspecified atom stereocenters. The molecule has 3 rings (SSSR count). The first kappa shape index (κ1) is 35.5. The Labute approximate surface area is 263 Å². The third kappa shape index (κ3) is 10.9. The molecule has 0 bridgehead atoms. The van der Waals surface area contributed by atoms with Crippen LogP contribution >= 0.6 is 11.3 Å². The van der Waals surface area contributed by atoms with Crippen LogP contribution < -0.4 is 16.4 Å². The molecule has 1 aromatic carbocycles. The number of aliphatic hydroxyl groups excluding tert-OH is 1. The van der Waals surface area contributed by atoms with E-state index in [1.165, 1.54) is 4.90 Å². The van der Waals surface area contributed by atoms with Crippen molar-refractivity contribution in [3.63, 3.8) is 0 Å². The van der Waals surface area contributed by atoms with Crippen LogP contribution in [0.15, 0.2) is 29.8 Å². The number of nitrogens with two attached hydrogens (primary N) is 1. The normalized spacial score (nSPS) is 17.5. The fraction of sp³-hybridized carbons (Fsp3) is 0.613. The zero-order valence-electron chi connectivity index (χ0n) is 26.2. The van der Waals surface area contributed by atoms with Crippen LogP contribution in [-0.4, -0.2) is 104 Å². The second-order valence-corrected chi connectivity index (χ2v) is 12.7. The van der Waals surface area contributed by atoms with E-state index in [0.29, 0.717) is 46.0 Å². The second kappa shape index (κ2) is 17.5. The number of carbonyl (C=O) groups excluding carboxylic acids is 3. The van der Waals surface area contributed by atoms with Crippen LogP contribution in [0.1, 0.15) is 44.9 Å².